The molecule has 2 aromatic carbocycles. The van der Waals surface area contributed by atoms with E-state index in [-0.39, 0.29) is 5.56 Å². The monoisotopic (exact) mass is 297 g/mol. The third-order valence-corrected chi connectivity index (χ3v) is 3.17. The molecule has 21 heavy (non-hydrogen) atoms. The molecule has 0 radical (unpaired) electrons. The third kappa shape index (κ3) is 2.80. The molecule has 2 aromatic rings. The van der Waals surface area contributed by atoms with E-state index in [4.69, 9.17) is 15.2 Å². The van der Waals surface area contributed by atoms with Crippen LogP contribution in [0.4, 0.5) is 13.2 Å². The summed E-state index contributed by atoms with van der Waals surface area (Å²) in [6.07, 6.45) is 0. The molecule has 0 heterocycles. The molecule has 0 aliphatic carbocycles. The molecule has 112 valence electrons. The van der Waals surface area contributed by atoms with Gasteiger partial charge in [0.05, 0.1) is 20.3 Å². The fourth-order valence-corrected chi connectivity index (χ4v) is 2.03. The minimum absolute atomic E-state index is 0.166. The van der Waals surface area contributed by atoms with E-state index < -0.39 is 23.5 Å². The molecule has 0 aliphatic heterocycles. The van der Waals surface area contributed by atoms with Crippen LogP contribution >= 0.6 is 0 Å². The van der Waals surface area contributed by atoms with E-state index in [1.807, 2.05) is 0 Å². The number of hydrogen-bond donors (Lipinski definition) is 1. The number of rotatable bonds is 4. The lowest BCUT2D eigenvalue weighted by Gasteiger charge is -2.18. The summed E-state index contributed by atoms with van der Waals surface area (Å²) >= 11 is 0. The summed E-state index contributed by atoms with van der Waals surface area (Å²) in [5.41, 5.74) is 6.21. The Hall–Kier alpha value is -2.21. The molecule has 0 aromatic heterocycles. The summed E-state index contributed by atoms with van der Waals surface area (Å²) in [6, 6.07) is 5.73. The van der Waals surface area contributed by atoms with Crippen LogP contribution in [-0.4, -0.2) is 14.2 Å². The average molecular weight is 297 g/mol. The lowest BCUT2D eigenvalue weighted by Crippen LogP contribution is -2.16. The van der Waals surface area contributed by atoms with Gasteiger partial charge in [-0.1, -0.05) is 6.07 Å². The average Bonchev–Trinajstić information content (AvgIpc) is 2.51. The van der Waals surface area contributed by atoms with Gasteiger partial charge >= 0.3 is 0 Å². The Morgan fingerprint density at radius 1 is 0.905 bits per heavy atom. The van der Waals surface area contributed by atoms with Crippen LogP contribution in [0.5, 0.6) is 11.5 Å². The first kappa shape index (κ1) is 15.2. The minimum atomic E-state index is -1.55. The summed E-state index contributed by atoms with van der Waals surface area (Å²) in [5, 5.41) is 0. The number of ether oxygens (including phenoxy) is 2. The van der Waals surface area contributed by atoms with Crippen LogP contribution in [0.3, 0.4) is 0 Å². The van der Waals surface area contributed by atoms with Gasteiger partial charge in [-0.3, -0.25) is 0 Å². The molecule has 0 aliphatic rings. The van der Waals surface area contributed by atoms with Crippen LogP contribution in [0.15, 0.2) is 30.3 Å². The molecule has 0 bridgehead atoms. The van der Waals surface area contributed by atoms with Gasteiger partial charge < -0.3 is 15.2 Å². The van der Waals surface area contributed by atoms with Gasteiger partial charge in [0, 0.05) is 11.1 Å². The Balaban J connectivity index is 2.54. The quantitative estimate of drug-likeness (QED) is 0.882. The van der Waals surface area contributed by atoms with Crippen molar-refractivity contribution in [3.05, 3.63) is 58.9 Å². The van der Waals surface area contributed by atoms with Crippen LogP contribution in [0.25, 0.3) is 0 Å². The van der Waals surface area contributed by atoms with Crippen LogP contribution in [-0.2, 0) is 0 Å². The smallest absolute Gasteiger partial charge is 0.194 e. The molecular formula is C15H14F3NO2. The van der Waals surface area contributed by atoms with Gasteiger partial charge in [0.1, 0.15) is 11.5 Å². The second kappa shape index (κ2) is 6.05. The van der Waals surface area contributed by atoms with Crippen molar-refractivity contribution in [3.8, 4) is 11.5 Å². The molecule has 0 amide bonds. The normalized spacial score (nSPS) is 12.1. The molecule has 2 rings (SSSR count). The maximum Gasteiger partial charge on any atom is 0.194 e. The Morgan fingerprint density at radius 3 is 2.24 bits per heavy atom. The fourth-order valence-electron chi connectivity index (χ4n) is 2.03. The first-order valence-electron chi connectivity index (χ1n) is 6.10. The zero-order valence-corrected chi connectivity index (χ0v) is 11.5. The lowest BCUT2D eigenvalue weighted by atomic mass is 9.97. The molecule has 6 heteroatoms. The minimum Gasteiger partial charge on any atom is -0.497 e. The van der Waals surface area contributed by atoms with Crippen molar-refractivity contribution < 1.29 is 22.6 Å². The molecule has 1 atom stereocenters. The largest absolute Gasteiger partial charge is 0.497 e. The summed E-state index contributed by atoms with van der Waals surface area (Å²) in [6.45, 7) is 0. The van der Waals surface area contributed by atoms with Gasteiger partial charge in [-0.2, -0.15) is 0 Å². The van der Waals surface area contributed by atoms with Crippen LogP contribution in [0, 0.1) is 17.5 Å². The van der Waals surface area contributed by atoms with Gasteiger partial charge in [0.2, 0.25) is 0 Å². The van der Waals surface area contributed by atoms with E-state index in [9.17, 15) is 13.2 Å². The van der Waals surface area contributed by atoms with Crippen molar-refractivity contribution in [2.24, 2.45) is 5.73 Å². The van der Waals surface area contributed by atoms with E-state index in [1.54, 1.807) is 18.2 Å². The Kier molecular flexibility index (Phi) is 4.37. The topological polar surface area (TPSA) is 44.5 Å². The maximum absolute atomic E-state index is 13.8. The number of halogens is 3. The molecule has 1 unspecified atom stereocenters. The molecule has 0 saturated heterocycles. The zero-order valence-electron chi connectivity index (χ0n) is 11.5. The zero-order chi connectivity index (χ0) is 15.6. The van der Waals surface area contributed by atoms with E-state index >= 15 is 0 Å². The number of nitrogens with two attached hydrogens (primary N) is 1. The number of methoxy groups -OCH3 is 2. The highest BCUT2D eigenvalue weighted by atomic mass is 19.2. The summed E-state index contributed by atoms with van der Waals surface area (Å²) < 4.78 is 50.4. The lowest BCUT2D eigenvalue weighted by molar-refractivity contribution is 0.395. The molecule has 0 saturated carbocycles. The third-order valence-electron chi connectivity index (χ3n) is 3.17. The SMILES string of the molecule is COc1ccc(OC)c(C(N)c2ccc(F)c(F)c2F)c1. The van der Waals surface area contributed by atoms with E-state index in [0.717, 1.165) is 12.1 Å². The van der Waals surface area contributed by atoms with Gasteiger partial charge in [-0.25, -0.2) is 13.2 Å². The van der Waals surface area contributed by atoms with Crippen molar-refractivity contribution in [2.75, 3.05) is 14.2 Å². The molecule has 0 fully saturated rings. The number of hydrogen-bond acceptors (Lipinski definition) is 3. The van der Waals surface area contributed by atoms with Crippen LogP contribution in [0.2, 0.25) is 0 Å². The highest BCUT2D eigenvalue weighted by molar-refractivity contribution is 5.46. The van der Waals surface area contributed by atoms with Crippen molar-refractivity contribution in [1.29, 1.82) is 0 Å². The van der Waals surface area contributed by atoms with E-state index in [1.165, 1.54) is 14.2 Å². The van der Waals surface area contributed by atoms with Crippen molar-refractivity contribution in [1.82, 2.24) is 0 Å². The molecular weight excluding hydrogens is 283 g/mol. The number of benzene rings is 2. The summed E-state index contributed by atoms with van der Waals surface area (Å²) in [7, 11) is 2.90. The van der Waals surface area contributed by atoms with Crippen molar-refractivity contribution in [2.45, 2.75) is 6.04 Å². The fraction of sp³-hybridized carbons (Fsp3) is 0.200. The van der Waals surface area contributed by atoms with Gasteiger partial charge in [-0.05, 0) is 24.3 Å². The maximum atomic E-state index is 13.8. The first-order chi connectivity index (χ1) is 9.99. The predicted octanol–water partition coefficient (Wildman–Crippen LogP) is 3.17. The van der Waals surface area contributed by atoms with Crippen molar-refractivity contribution in [3.63, 3.8) is 0 Å². The Morgan fingerprint density at radius 2 is 1.62 bits per heavy atom. The van der Waals surface area contributed by atoms with Crippen molar-refractivity contribution >= 4 is 0 Å². The molecule has 0 spiro atoms. The second-order valence-electron chi connectivity index (χ2n) is 4.35. The first-order valence-corrected chi connectivity index (χ1v) is 6.10. The van der Waals surface area contributed by atoms with Crippen LogP contribution in [0.1, 0.15) is 17.2 Å². The van der Waals surface area contributed by atoms with E-state index in [0.29, 0.717) is 17.1 Å². The van der Waals surface area contributed by atoms with Crippen LogP contribution < -0.4 is 15.2 Å². The second-order valence-corrected chi connectivity index (χ2v) is 4.35. The van der Waals surface area contributed by atoms with Gasteiger partial charge in [0.25, 0.3) is 0 Å². The highest BCUT2D eigenvalue weighted by Crippen LogP contribution is 2.33. The van der Waals surface area contributed by atoms with Gasteiger partial charge in [0.15, 0.2) is 17.5 Å². The molecule has 2 N–H and O–H groups in total. The summed E-state index contributed by atoms with van der Waals surface area (Å²) in [5.74, 6) is -3.24. The Labute approximate surface area is 120 Å². The van der Waals surface area contributed by atoms with Gasteiger partial charge in [-0.15, -0.1) is 0 Å². The standard InChI is InChI=1S/C15H14F3NO2/c1-20-8-3-6-12(21-2)10(7-8)15(19)9-4-5-11(16)14(18)13(9)17/h3-7,15H,19H2,1-2H3. The van der Waals surface area contributed by atoms with E-state index in [2.05, 4.69) is 0 Å². The Bertz CT molecular complexity index is 662. The highest BCUT2D eigenvalue weighted by Gasteiger charge is 2.22. The predicted molar refractivity (Wildman–Crippen MR) is 71.9 cm³/mol. The molecule has 3 nitrogen and oxygen atoms in total. The summed E-state index contributed by atoms with van der Waals surface area (Å²) in [4.78, 5) is 0.